The van der Waals surface area contributed by atoms with Gasteiger partial charge in [0.2, 0.25) is 0 Å². The number of carbonyl (C=O) groups excluding carboxylic acids is 1. The Labute approximate surface area is 107 Å². The molecule has 0 saturated heterocycles. The van der Waals surface area contributed by atoms with E-state index in [9.17, 15) is 4.79 Å². The minimum Gasteiger partial charge on any atom is -0.333 e. The van der Waals surface area contributed by atoms with Gasteiger partial charge in [0, 0.05) is 22.7 Å². The number of thioether (sulfide) groups is 1. The van der Waals surface area contributed by atoms with Gasteiger partial charge in [-0.05, 0) is 32.9 Å². The normalized spacial score (nSPS) is 15.4. The van der Waals surface area contributed by atoms with Gasteiger partial charge >= 0.3 is 6.03 Å². The summed E-state index contributed by atoms with van der Waals surface area (Å²) in [5, 5.41) is 3.01. The van der Waals surface area contributed by atoms with Crippen molar-refractivity contribution in [3.63, 3.8) is 0 Å². The number of carbonyl (C=O) groups is 1. The number of nitrogens with zero attached hydrogens (tertiary/aromatic N) is 1. The number of nitrogens with one attached hydrogen (secondary N) is 1. The molecule has 1 N–H and O–H groups in total. The first-order valence-corrected chi connectivity index (χ1v) is 6.77. The van der Waals surface area contributed by atoms with E-state index in [1.807, 2.05) is 43.9 Å². The maximum Gasteiger partial charge on any atom is 0.322 e. The minimum atomic E-state index is -0.198. The largest absolute Gasteiger partial charge is 0.333 e. The van der Waals surface area contributed by atoms with E-state index in [0.717, 1.165) is 18.0 Å². The average Bonchev–Trinajstić information content (AvgIpc) is 2.26. The van der Waals surface area contributed by atoms with Crippen molar-refractivity contribution in [3.05, 3.63) is 24.3 Å². The molecule has 3 nitrogen and oxygen atoms in total. The monoisotopic (exact) mass is 250 g/mol. The van der Waals surface area contributed by atoms with Gasteiger partial charge in [-0.2, -0.15) is 0 Å². The Kier molecular flexibility index (Phi) is 3.33. The van der Waals surface area contributed by atoms with Crippen LogP contribution in [0.1, 0.15) is 20.8 Å². The quantitative estimate of drug-likeness (QED) is 0.767. The second-order valence-electron chi connectivity index (χ2n) is 5.15. The van der Waals surface area contributed by atoms with Crippen LogP contribution in [-0.2, 0) is 0 Å². The molecule has 2 amide bonds. The minimum absolute atomic E-state index is 0.00903. The molecule has 17 heavy (non-hydrogen) atoms. The summed E-state index contributed by atoms with van der Waals surface area (Å²) in [6.45, 7) is 6.75. The van der Waals surface area contributed by atoms with Crippen molar-refractivity contribution in [3.8, 4) is 0 Å². The summed E-state index contributed by atoms with van der Waals surface area (Å²) in [5.74, 6) is 0.953. The zero-order valence-corrected chi connectivity index (χ0v) is 11.3. The summed E-state index contributed by atoms with van der Waals surface area (Å²) >= 11 is 1.81. The molecule has 1 aliphatic rings. The van der Waals surface area contributed by atoms with Crippen LogP contribution in [0.15, 0.2) is 29.2 Å². The van der Waals surface area contributed by atoms with Gasteiger partial charge in [0.25, 0.3) is 0 Å². The molecule has 1 aromatic rings. The van der Waals surface area contributed by atoms with Crippen LogP contribution >= 0.6 is 11.8 Å². The van der Waals surface area contributed by atoms with Crippen LogP contribution in [0.5, 0.6) is 0 Å². The maximum absolute atomic E-state index is 12.2. The van der Waals surface area contributed by atoms with Crippen LogP contribution in [0.4, 0.5) is 10.5 Å². The van der Waals surface area contributed by atoms with Gasteiger partial charge in [-0.3, -0.25) is 4.90 Å². The number of amides is 2. The van der Waals surface area contributed by atoms with Gasteiger partial charge in [0.1, 0.15) is 0 Å². The Balaban J connectivity index is 2.21. The zero-order chi connectivity index (χ0) is 12.5. The van der Waals surface area contributed by atoms with Gasteiger partial charge < -0.3 is 5.32 Å². The molecule has 0 spiro atoms. The molecule has 1 heterocycles. The van der Waals surface area contributed by atoms with Crippen molar-refractivity contribution >= 4 is 23.5 Å². The van der Waals surface area contributed by atoms with E-state index in [1.54, 1.807) is 11.8 Å². The molecule has 0 aliphatic carbocycles. The number of fused-ring (bicyclic) bond motifs is 1. The third-order valence-corrected chi connectivity index (χ3v) is 3.50. The fraction of sp³-hybridized carbons (Fsp3) is 0.462. The Morgan fingerprint density at radius 1 is 1.35 bits per heavy atom. The summed E-state index contributed by atoms with van der Waals surface area (Å²) in [6, 6.07) is 8.05. The van der Waals surface area contributed by atoms with E-state index in [0.29, 0.717) is 0 Å². The molecule has 0 saturated carbocycles. The van der Waals surface area contributed by atoms with E-state index in [2.05, 4.69) is 11.4 Å². The van der Waals surface area contributed by atoms with Gasteiger partial charge in [-0.25, -0.2) is 4.79 Å². The molecule has 0 bridgehead atoms. The second kappa shape index (κ2) is 4.61. The van der Waals surface area contributed by atoms with Gasteiger partial charge in [-0.15, -0.1) is 11.8 Å². The molecule has 4 heteroatoms. The number of benzene rings is 1. The summed E-state index contributed by atoms with van der Waals surface area (Å²) in [6.07, 6.45) is 0. The van der Waals surface area contributed by atoms with Crippen molar-refractivity contribution in [1.82, 2.24) is 5.32 Å². The molecule has 2 rings (SSSR count). The molecule has 0 fully saturated rings. The third kappa shape index (κ3) is 2.94. The average molecular weight is 250 g/mol. The summed E-state index contributed by atoms with van der Waals surface area (Å²) in [7, 11) is 0. The standard InChI is InChI=1S/C13H18N2OS/c1-13(2,3)14-12(16)15-8-9-17-11-7-5-4-6-10(11)15/h4-7H,8-9H2,1-3H3,(H,14,16). The van der Waals surface area contributed by atoms with E-state index in [4.69, 9.17) is 0 Å². The number of para-hydroxylation sites is 1. The number of rotatable bonds is 0. The number of anilines is 1. The van der Waals surface area contributed by atoms with E-state index in [-0.39, 0.29) is 11.6 Å². The van der Waals surface area contributed by atoms with Crippen molar-refractivity contribution in [2.24, 2.45) is 0 Å². The summed E-state index contributed by atoms with van der Waals surface area (Å²) in [5.41, 5.74) is 0.821. The zero-order valence-electron chi connectivity index (χ0n) is 10.5. The molecule has 1 aromatic carbocycles. The molecule has 0 radical (unpaired) electrons. The molecular formula is C13H18N2OS. The van der Waals surface area contributed by atoms with Crippen LogP contribution in [0.2, 0.25) is 0 Å². The van der Waals surface area contributed by atoms with Gasteiger partial charge in [0.05, 0.1) is 5.69 Å². The lowest BCUT2D eigenvalue weighted by Crippen LogP contribution is -2.50. The highest BCUT2D eigenvalue weighted by Gasteiger charge is 2.25. The Hall–Kier alpha value is -1.16. The van der Waals surface area contributed by atoms with Crippen molar-refractivity contribution < 1.29 is 4.79 Å². The highest BCUT2D eigenvalue weighted by atomic mass is 32.2. The molecule has 1 aliphatic heterocycles. The van der Waals surface area contributed by atoms with Crippen molar-refractivity contribution in [1.29, 1.82) is 0 Å². The van der Waals surface area contributed by atoms with Crippen LogP contribution < -0.4 is 10.2 Å². The fourth-order valence-electron chi connectivity index (χ4n) is 1.77. The smallest absolute Gasteiger partial charge is 0.322 e. The van der Waals surface area contributed by atoms with E-state index < -0.39 is 0 Å². The van der Waals surface area contributed by atoms with Crippen LogP contribution in [0.25, 0.3) is 0 Å². The Morgan fingerprint density at radius 2 is 2.06 bits per heavy atom. The van der Waals surface area contributed by atoms with Crippen LogP contribution in [0, 0.1) is 0 Å². The molecule has 0 unspecified atom stereocenters. The fourth-order valence-corrected chi connectivity index (χ4v) is 2.76. The second-order valence-corrected chi connectivity index (χ2v) is 6.28. The Morgan fingerprint density at radius 3 is 2.76 bits per heavy atom. The molecule has 0 aromatic heterocycles. The van der Waals surface area contributed by atoms with Gasteiger partial charge in [0.15, 0.2) is 0 Å². The summed E-state index contributed by atoms with van der Waals surface area (Å²) in [4.78, 5) is 15.2. The lowest BCUT2D eigenvalue weighted by Gasteiger charge is -2.32. The lowest BCUT2D eigenvalue weighted by molar-refractivity contribution is 0.238. The van der Waals surface area contributed by atoms with Crippen LogP contribution in [-0.4, -0.2) is 23.9 Å². The van der Waals surface area contributed by atoms with Crippen LogP contribution in [0.3, 0.4) is 0 Å². The summed E-state index contributed by atoms with van der Waals surface area (Å²) < 4.78 is 0. The van der Waals surface area contributed by atoms with Gasteiger partial charge in [-0.1, -0.05) is 12.1 Å². The number of hydrogen-bond acceptors (Lipinski definition) is 2. The SMILES string of the molecule is CC(C)(C)NC(=O)N1CCSc2ccccc21. The van der Waals surface area contributed by atoms with Crippen molar-refractivity contribution in [2.45, 2.75) is 31.2 Å². The van der Waals surface area contributed by atoms with E-state index in [1.165, 1.54) is 4.90 Å². The predicted octanol–water partition coefficient (Wildman–Crippen LogP) is 3.11. The lowest BCUT2D eigenvalue weighted by atomic mass is 10.1. The molecular weight excluding hydrogens is 232 g/mol. The maximum atomic E-state index is 12.2. The molecule has 92 valence electrons. The third-order valence-electron chi connectivity index (χ3n) is 2.46. The Bertz CT molecular complexity index is 426. The molecule has 0 atom stereocenters. The number of urea groups is 1. The number of hydrogen-bond donors (Lipinski definition) is 1. The predicted molar refractivity (Wildman–Crippen MR) is 72.8 cm³/mol. The highest BCUT2D eigenvalue weighted by Crippen LogP contribution is 2.34. The topological polar surface area (TPSA) is 32.3 Å². The van der Waals surface area contributed by atoms with E-state index >= 15 is 0 Å². The first kappa shape index (κ1) is 12.3. The van der Waals surface area contributed by atoms with Crippen molar-refractivity contribution in [2.75, 3.05) is 17.2 Å². The first-order chi connectivity index (χ1) is 7.97. The highest BCUT2D eigenvalue weighted by molar-refractivity contribution is 7.99. The first-order valence-electron chi connectivity index (χ1n) is 5.79.